The van der Waals surface area contributed by atoms with Crippen LogP contribution in [-0.4, -0.2) is 37.2 Å². The van der Waals surface area contributed by atoms with E-state index in [9.17, 15) is 9.59 Å². The minimum absolute atomic E-state index is 0.0434. The molecule has 5 nitrogen and oxygen atoms in total. The van der Waals surface area contributed by atoms with E-state index in [0.717, 1.165) is 6.42 Å². The molecule has 0 bridgehead atoms. The Hall–Kier alpha value is -1.88. The highest BCUT2D eigenvalue weighted by Crippen LogP contribution is 2.19. The molecule has 0 unspecified atom stereocenters. The first-order chi connectivity index (χ1) is 8.57. The standard InChI is InChI=1S/C13H17NO4/c1-3-8-18-9-12(15)14(2)11-7-5-4-6-10(11)13(16)17/h4-7H,3,8-9H2,1-2H3,(H,16,17). The number of carboxylic acid groups (broad SMARTS) is 1. The highest BCUT2D eigenvalue weighted by atomic mass is 16.5. The van der Waals surface area contributed by atoms with Gasteiger partial charge in [0.1, 0.15) is 6.61 Å². The van der Waals surface area contributed by atoms with Gasteiger partial charge in [0.2, 0.25) is 0 Å². The van der Waals surface area contributed by atoms with E-state index < -0.39 is 5.97 Å². The molecule has 0 heterocycles. The van der Waals surface area contributed by atoms with Crippen LogP contribution in [0.2, 0.25) is 0 Å². The van der Waals surface area contributed by atoms with Gasteiger partial charge in [-0.1, -0.05) is 19.1 Å². The van der Waals surface area contributed by atoms with E-state index in [1.54, 1.807) is 25.2 Å². The van der Waals surface area contributed by atoms with Gasteiger partial charge in [-0.05, 0) is 18.6 Å². The Morgan fingerprint density at radius 3 is 2.61 bits per heavy atom. The van der Waals surface area contributed by atoms with Gasteiger partial charge in [-0.3, -0.25) is 4.79 Å². The second kappa shape index (κ2) is 6.76. The lowest BCUT2D eigenvalue weighted by atomic mass is 10.1. The number of carbonyl (C=O) groups is 2. The summed E-state index contributed by atoms with van der Waals surface area (Å²) < 4.78 is 5.15. The highest BCUT2D eigenvalue weighted by Gasteiger charge is 2.17. The number of carboxylic acids is 1. The van der Waals surface area contributed by atoms with Crippen LogP contribution < -0.4 is 4.90 Å². The van der Waals surface area contributed by atoms with Crippen molar-refractivity contribution in [2.45, 2.75) is 13.3 Å². The van der Waals surface area contributed by atoms with E-state index in [0.29, 0.717) is 12.3 Å². The first-order valence-corrected chi connectivity index (χ1v) is 5.74. The van der Waals surface area contributed by atoms with Crippen molar-refractivity contribution in [1.29, 1.82) is 0 Å². The van der Waals surface area contributed by atoms with Gasteiger partial charge >= 0.3 is 5.97 Å². The SMILES string of the molecule is CCCOCC(=O)N(C)c1ccccc1C(=O)O. The average molecular weight is 251 g/mol. The molecule has 0 aliphatic carbocycles. The molecule has 1 aromatic carbocycles. The zero-order valence-electron chi connectivity index (χ0n) is 10.5. The molecular weight excluding hydrogens is 234 g/mol. The van der Waals surface area contributed by atoms with Crippen LogP contribution in [0.4, 0.5) is 5.69 Å². The van der Waals surface area contributed by atoms with Gasteiger partial charge in [0.05, 0.1) is 11.3 Å². The Bertz CT molecular complexity index is 431. The second-order valence-corrected chi connectivity index (χ2v) is 3.83. The Labute approximate surface area is 106 Å². The van der Waals surface area contributed by atoms with E-state index in [4.69, 9.17) is 9.84 Å². The summed E-state index contributed by atoms with van der Waals surface area (Å²) in [6.45, 7) is 2.42. The third-order valence-electron chi connectivity index (χ3n) is 2.44. The first-order valence-electron chi connectivity index (χ1n) is 5.74. The summed E-state index contributed by atoms with van der Waals surface area (Å²) in [5.41, 5.74) is 0.471. The molecule has 0 spiro atoms. The van der Waals surface area contributed by atoms with Crippen molar-refractivity contribution < 1.29 is 19.4 Å². The Kier molecular flexibility index (Phi) is 5.32. The van der Waals surface area contributed by atoms with E-state index in [-0.39, 0.29) is 18.1 Å². The summed E-state index contributed by atoms with van der Waals surface area (Å²) in [7, 11) is 1.54. The second-order valence-electron chi connectivity index (χ2n) is 3.83. The maximum atomic E-state index is 11.8. The number of likely N-dealkylation sites (N-methyl/N-ethyl adjacent to an activating group) is 1. The average Bonchev–Trinajstić information content (AvgIpc) is 2.38. The third kappa shape index (κ3) is 3.56. The number of rotatable bonds is 6. The first kappa shape index (κ1) is 14.2. The van der Waals surface area contributed by atoms with Gasteiger partial charge in [-0.25, -0.2) is 4.79 Å². The van der Waals surface area contributed by atoms with E-state index in [1.165, 1.54) is 11.0 Å². The number of carbonyl (C=O) groups excluding carboxylic acids is 1. The van der Waals surface area contributed by atoms with Crippen molar-refractivity contribution in [3.63, 3.8) is 0 Å². The van der Waals surface area contributed by atoms with Gasteiger partial charge < -0.3 is 14.7 Å². The summed E-state index contributed by atoms with van der Waals surface area (Å²) in [6.07, 6.45) is 0.836. The number of aromatic carboxylic acids is 1. The molecule has 98 valence electrons. The third-order valence-corrected chi connectivity index (χ3v) is 2.44. The Morgan fingerprint density at radius 1 is 1.33 bits per heavy atom. The number of amides is 1. The van der Waals surface area contributed by atoms with E-state index in [2.05, 4.69) is 0 Å². The van der Waals surface area contributed by atoms with E-state index >= 15 is 0 Å². The van der Waals surface area contributed by atoms with Gasteiger partial charge in [0.25, 0.3) is 5.91 Å². The summed E-state index contributed by atoms with van der Waals surface area (Å²) >= 11 is 0. The van der Waals surface area contributed by atoms with Crippen molar-refractivity contribution in [3.8, 4) is 0 Å². The molecule has 0 aromatic heterocycles. The molecule has 1 N–H and O–H groups in total. The van der Waals surface area contributed by atoms with Crippen LogP contribution in [0.1, 0.15) is 23.7 Å². The predicted octanol–water partition coefficient (Wildman–Crippen LogP) is 1.77. The maximum absolute atomic E-state index is 11.8. The quantitative estimate of drug-likeness (QED) is 0.782. The lowest BCUT2D eigenvalue weighted by molar-refractivity contribution is -0.122. The highest BCUT2D eigenvalue weighted by molar-refractivity contribution is 6.01. The van der Waals surface area contributed by atoms with Crippen molar-refractivity contribution in [2.75, 3.05) is 25.2 Å². The minimum Gasteiger partial charge on any atom is -0.478 e. The maximum Gasteiger partial charge on any atom is 0.337 e. The molecule has 0 saturated carbocycles. The van der Waals surface area contributed by atoms with Crippen molar-refractivity contribution in [3.05, 3.63) is 29.8 Å². The van der Waals surface area contributed by atoms with Crippen LogP contribution >= 0.6 is 0 Å². The number of ether oxygens (including phenoxy) is 1. The number of hydrogen-bond donors (Lipinski definition) is 1. The van der Waals surface area contributed by atoms with Crippen LogP contribution in [0.15, 0.2) is 24.3 Å². The zero-order valence-corrected chi connectivity index (χ0v) is 10.5. The van der Waals surface area contributed by atoms with Crippen molar-refractivity contribution in [1.82, 2.24) is 0 Å². The molecular formula is C13H17NO4. The molecule has 0 radical (unpaired) electrons. The van der Waals surface area contributed by atoms with Crippen LogP contribution in [0.5, 0.6) is 0 Å². The lowest BCUT2D eigenvalue weighted by Gasteiger charge is -2.19. The molecule has 0 saturated heterocycles. The van der Waals surface area contributed by atoms with Gasteiger partial charge in [-0.15, -0.1) is 0 Å². The number of benzene rings is 1. The summed E-state index contributed by atoms with van der Waals surface area (Å²) in [5.74, 6) is -1.32. The molecule has 1 aromatic rings. The Morgan fingerprint density at radius 2 is 2.00 bits per heavy atom. The van der Waals surface area contributed by atoms with Crippen LogP contribution in [0.25, 0.3) is 0 Å². The Balaban J connectivity index is 2.80. The van der Waals surface area contributed by atoms with Crippen LogP contribution in [0.3, 0.4) is 0 Å². The molecule has 5 heteroatoms. The lowest BCUT2D eigenvalue weighted by Crippen LogP contribution is -2.31. The fourth-order valence-electron chi connectivity index (χ4n) is 1.48. The predicted molar refractivity (Wildman–Crippen MR) is 67.9 cm³/mol. The molecule has 0 aliphatic heterocycles. The number of hydrogen-bond acceptors (Lipinski definition) is 3. The summed E-state index contributed by atoms with van der Waals surface area (Å²) in [6, 6.07) is 6.38. The smallest absolute Gasteiger partial charge is 0.337 e. The number of para-hydroxylation sites is 1. The molecule has 1 amide bonds. The van der Waals surface area contributed by atoms with Crippen LogP contribution in [0, 0.1) is 0 Å². The van der Waals surface area contributed by atoms with Crippen molar-refractivity contribution >= 4 is 17.6 Å². The number of anilines is 1. The summed E-state index contributed by atoms with van der Waals surface area (Å²) in [5, 5.41) is 9.04. The van der Waals surface area contributed by atoms with Gasteiger partial charge in [-0.2, -0.15) is 0 Å². The molecule has 0 aliphatic rings. The van der Waals surface area contributed by atoms with Gasteiger partial charge in [0, 0.05) is 13.7 Å². The normalized spacial score (nSPS) is 10.1. The van der Waals surface area contributed by atoms with Gasteiger partial charge in [0.15, 0.2) is 0 Å². The minimum atomic E-state index is -1.06. The fraction of sp³-hybridized carbons (Fsp3) is 0.385. The monoisotopic (exact) mass is 251 g/mol. The fourth-order valence-corrected chi connectivity index (χ4v) is 1.48. The molecule has 18 heavy (non-hydrogen) atoms. The molecule has 0 atom stereocenters. The number of nitrogens with zero attached hydrogens (tertiary/aromatic N) is 1. The topological polar surface area (TPSA) is 66.8 Å². The van der Waals surface area contributed by atoms with E-state index in [1.807, 2.05) is 6.92 Å². The molecule has 0 fully saturated rings. The van der Waals surface area contributed by atoms with Crippen molar-refractivity contribution in [2.24, 2.45) is 0 Å². The molecule has 1 rings (SSSR count). The zero-order chi connectivity index (χ0) is 13.5. The summed E-state index contributed by atoms with van der Waals surface area (Å²) in [4.78, 5) is 24.1. The largest absolute Gasteiger partial charge is 0.478 e. The van der Waals surface area contributed by atoms with Crippen LogP contribution in [-0.2, 0) is 9.53 Å².